The van der Waals surface area contributed by atoms with Gasteiger partial charge in [0.05, 0.1) is 11.6 Å². The second-order valence-electron chi connectivity index (χ2n) is 6.48. The number of phenolic OH excluding ortho intramolecular Hbond substituents is 1. The van der Waals surface area contributed by atoms with Gasteiger partial charge in [0.1, 0.15) is 5.75 Å². The molecule has 0 spiro atoms. The van der Waals surface area contributed by atoms with Gasteiger partial charge in [-0.25, -0.2) is 0 Å². The summed E-state index contributed by atoms with van der Waals surface area (Å²) in [5.74, 6) is -0.505. The number of aromatic hydroxyl groups is 1. The predicted octanol–water partition coefficient (Wildman–Crippen LogP) is 2.72. The van der Waals surface area contributed by atoms with E-state index >= 15 is 0 Å². The Bertz CT molecular complexity index is 789. The molecule has 0 radical (unpaired) electrons. The fraction of sp³-hybridized carbons (Fsp3) is 0.300. The zero-order chi connectivity index (χ0) is 18.0. The second-order valence-corrected chi connectivity index (χ2v) is 6.48. The monoisotopic (exact) mass is 338 g/mol. The molecule has 0 aliphatic carbocycles. The van der Waals surface area contributed by atoms with Gasteiger partial charge < -0.3 is 14.9 Å². The fourth-order valence-corrected chi connectivity index (χ4v) is 3.25. The average Bonchev–Trinajstić information content (AvgIpc) is 2.61. The highest BCUT2D eigenvalue weighted by molar-refractivity contribution is 6.00. The minimum atomic E-state index is -0.224. The average molecular weight is 338 g/mol. The van der Waals surface area contributed by atoms with Gasteiger partial charge in [0.15, 0.2) is 5.78 Å². The van der Waals surface area contributed by atoms with Crippen molar-refractivity contribution in [3.05, 3.63) is 65.2 Å². The normalized spacial score (nSPS) is 18.2. The Morgan fingerprint density at radius 1 is 1.08 bits per heavy atom. The summed E-state index contributed by atoms with van der Waals surface area (Å²) in [7, 11) is 2.05. The number of carbonyl (C=O) groups excluding carboxylic acids is 2. The summed E-state index contributed by atoms with van der Waals surface area (Å²) in [6.45, 7) is 3.56. The largest absolute Gasteiger partial charge is 0.507 e. The number of hydrogen-bond donors (Lipinski definition) is 1. The van der Waals surface area contributed by atoms with E-state index in [1.54, 1.807) is 6.07 Å². The molecule has 1 fully saturated rings. The second kappa shape index (κ2) is 7.07. The molecule has 1 amide bonds. The third kappa shape index (κ3) is 3.56. The van der Waals surface area contributed by atoms with Crippen LogP contribution in [0.2, 0.25) is 0 Å². The first kappa shape index (κ1) is 17.2. The van der Waals surface area contributed by atoms with Crippen LogP contribution in [0.5, 0.6) is 5.75 Å². The summed E-state index contributed by atoms with van der Waals surface area (Å²) in [4.78, 5) is 28.5. The zero-order valence-electron chi connectivity index (χ0n) is 14.5. The lowest BCUT2D eigenvalue weighted by Gasteiger charge is -2.40. The lowest BCUT2D eigenvalue weighted by molar-refractivity contribution is 0.0497. The summed E-state index contributed by atoms with van der Waals surface area (Å²) in [5.41, 5.74) is 1.72. The molecule has 1 saturated heterocycles. The van der Waals surface area contributed by atoms with Crippen LogP contribution < -0.4 is 0 Å². The van der Waals surface area contributed by atoms with Gasteiger partial charge in [-0.3, -0.25) is 9.59 Å². The molecule has 25 heavy (non-hydrogen) atoms. The van der Waals surface area contributed by atoms with E-state index < -0.39 is 0 Å². The molecule has 2 aromatic rings. The quantitative estimate of drug-likeness (QED) is 0.874. The van der Waals surface area contributed by atoms with Crippen LogP contribution in [0.4, 0.5) is 0 Å². The molecular formula is C20H22N2O3. The number of nitrogens with zero attached hydrogens (tertiary/aromatic N) is 2. The number of benzene rings is 2. The molecule has 2 aromatic carbocycles. The molecule has 1 unspecified atom stereocenters. The molecule has 1 aliphatic heterocycles. The Balaban J connectivity index is 1.91. The smallest absolute Gasteiger partial charge is 0.254 e. The molecule has 1 N–H and O–H groups in total. The van der Waals surface area contributed by atoms with Crippen molar-refractivity contribution in [1.82, 2.24) is 9.80 Å². The number of hydrogen-bond acceptors (Lipinski definition) is 4. The van der Waals surface area contributed by atoms with Crippen LogP contribution in [0.15, 0.2) is 48.5 Å². The molecule has 1 heterocycles. The summed E-state index contributed by atoms with van der Waals surface area (Å²) >= 11 is 0. The number of ketones is 1. The Morgan fingerprint density at radius 2 is 1.80 bits per heavy atom. The lowest BCUT2D eigenvalue weighted by atomic mass is 10.0. The third-order valence-electron chi connectivity index (χ3n) is 4.65. The van der Waals surface area contributed by atoms with Crippen LogP contribution >= 0.6 is 0 Å². The van der Waals surface area contributed by atoms with Gasteiger partial charge in [0.25, 0.3) is 5.91 Å². The van der Waals surface area contributed by atoms with Gasteiger partial charge in [-0.2, -0.15) is 0 Å². The number of rotatable bonds is 3. The number of amides is 1. The number of piperazine rings is 1. The summed E-state index contributed by atoms with van der Waals surface area (Å²) in [6, 6.07) is 14.4. The molecular weight excluding hydrogens is 316 g/mol. The lowest BCUT2D eigenvalue weighted by Crippen LogP contribution is -2.49. The van der Waals surface area contributed by atoms with E-state index in [2.05, 4.69) is 4.90 Å². The fourth-order valence-electron chi connectivity index (χ4n) is 3.25. The standard InChI is InChI=1S/C20H22N2O3/c1-14(23)17-9-8-16(12-19(17)24)20(25)22-11-10-21(2)13-18(22)15-6-4-3-5-7-15/h3-9,12,18,24H,10-11,13H2,1-2H3. The Morgan fingerprint density at radius 3 is 2.44 bits per heavy atom. The number of phenols is 1. The maximum absolute atomic E-state index is 13.0. The van der Waals surface area contributed by atoms with Crippen LogP contribution in [0, 0.1) is 0 Å². The highest BCUT2D eigenvalue weighted by atomic mass is 16.3. The predicted molar refractivity (Wildman–Crippen MR) is 95.8 cm³/mol. The molecule has 0 aromatic heterocycles. The van der Waals surface area contributed by atoms with E-state index in [9.17, 15) is 14.7 Å². The van der Waals surface area contributed by atoms with Gasteiger partial charge in [-0.15, -0.1) is 0 Å². The third-order valence-corrected chi connectivity index (χ3v) is 4.65. The maximum Gasteiger partial charge on any atom is 0.254 e. The van der Waals surface area contributed by atoms with Gasteiger partial charge in [-0.1, -0.05) is 30.3 Å². The highest BCUT2D eigenvalue weighted by Crippen LogP contribution is 2.28. The van der Waals surface area contributed by atoms with E-state index in [1.807, 2.05) is 42.3 Å². The van der Waals surface area contributed by atoms with Crippen molar-refractivity contribution in [3.63, 3.8) is 0 Å². The van der Waals surface area contributed by atoms with Crippen LogP contribution in [-0.2, 0) is 0 Å². The molecule has 1 atom stereocenters. The molecule has 1 aliphatic rings. The van der Waals surface area contributed by atoms with Gasteiger partial charge >= 0.3 is 0 Å². The van der Waals surface area contributed by atoms with Crippen LogP contribution in [0.3, 0.4) is 0 Å². The van der Waals surface area contributed by atoms with Crippen molar-refractivity contribution < 1.29 is 14.7 Å². The van der Waals surface area contributed by atoms with Crippen molar-refractivity contribution in [2.24, 2.45) is 0 Å². The molecule has 130 valence electrons. The summed E-state index contributed by atoms with van der Waals surface area (Å²) in [6.07, 6.45) is 0. The maximum atomic E-state index is 13.0. The Labute approximate surface area is 147 Å². The van der Waals surface area contributed by atoms with Gasteiger partial charge in [-0.05, 0) is 37.7 Å². The van der Waals surface area contributed by atoms with Crippen molar-refractivity contribution in [1.29, 1.82) is 0 Å². The SMILES string of the molecule is CC(=O)c1ccc(C(=O)N2CCN(C)CC2c2ccccc2)cc1O. The first-order valence-electron chi connectivity index (χ1n) is 8.36. The van der Waals surface area contributed by atoms with E-state index in [4.69, 9.17) is 0 Å². The summed E-state index contributed by atoms with van der Waals surface area (Å²) < 4.78 is 0. The van der Waals surface area contributed by atoms with Gasteiger partial charge in [0, 0.05) is 25.2 Å². The minimum Gasteiger partial charge on any atom is -0.507 e. The van der Waals surface area contributed by atoms with E-state index in [0.717, 1.165) is 18.7 Å². The first-order chi connectivity index (χ1) is 12.0. The van der Waals surface area contributed by atoms with Crippen LogP contribution in [-0.4, -0.2) is 53.3 Å². The topological polar surface area (TPSA) is 60.9 Å². The number of carbonyl (C=O) groups is 2. The molecule has 5 heteroatoms. The van der Waals surface area contributed by atoms with Gasteiger partial charge in [0.2, 0.25) is 0 Å². The Hall–Kier alpha value is -2.66. The Kier molecular flexibility index (Phi) is 4.86. The molecule has 3 rings (SSSR count). The summed E-state index contributed by atoms with van der Waals surface area (Å²) in [5, 5.41) is 10.0. The van der Waals surface area contributed by atoms with Crippen molar-refractivity contribution in [3.8, 4) is 5.75 Å². The molecule has 5 nitrogen and oxygen atoms in total. The van der Waals surface area contributed by atoms with Crippen molar-refractivity contribution in [2.75, 3.05) is 26.7 Å². The molecule has 0 saturated carbocycles. The van der Waals surface area contributed by atoms with E-state index in [0.29, 0.717) is 12.1 Å². The van der Waals surface area contributed by atoms with Crippen LogP contribution in [0.1, 0.15) is 39.2 Å². The van der Waals surface area contributed by atoms with E-state index in [-0.39, 0.29) is 29.0 Å². The van der Waals surface area contributed by atoms with E-state index in [1.165, 1.54) is 19.1 Å². The molecule has 0 bridgehead atoms. The zero-order valence-corrected chi connectivity index (χ0v) is 14.5. The number of Topliss-reactive ketones (excluding diaryl/α,β-unsaturated/α-hetero) is 1. The first-order valence-corrected chi connectivity index (χ1v) is 8.36. The van der Waals surface area contributed by atoms with Crippen molar-refractivity contribution >= 4 is 11.7 Å². The minimum absolute atomic E-state index is 0.0397. The van der Waals surface area contributed by atoms with Crippen molar-refractivity contribution in [2.45, 2.75) is 13.0 Å². The van der Waals surface area contributed by atoms with Crippen LogP contribution in [0.25, 0.3) is 0 Å². The highest BCUT2D eigenvalue weighted by Gasteiger charge is 2.31. The number of likely N-dealkylation sites (N-methyl/N-ethyl adjacent to an activating group) is 1.